The lowest BCUT2D eigenvalue weighted by atomic mass is 10.1. The van der Waals surface area contributed by atoms with E-state index in [1.807, 2.05) is 24.3 Å². The molecule has 150 valence electrons. The lowest BCUT2D eigenvalue weighted by Gasteiger charge is -2.20. The molecule has 0 saturated carbocycles. The maximum atomic E-state index is 11.9. The highest BCUT2D eigenvalue weighted by molar-refractivity contribution is 6.30. The summed E-state index contributed by atoms with van der Waals surface area (Å²) in [6, 6.07) is 13.3. The molecule has 0 radical (unpaired) electrons. The molecule has 0 bridgehead atoms. The number of carbonyl (C=O) groups excluding carboxylic acids is 1. The number of hydrogen-bond acceptors (Lipinski definition) is 4. The first-order valence-corrected chi connectivity index (χ1v) is 9.62. The van der Waals surface area contributed by atoms with Crippen molar-refractivity contribution in [2.24, 2.45) is 0 Å². The number of nitro benzene ring substituents is 1. The zero-order valence-electron chi connectivity index (χ0n) is 15.9. The van der Waals surface area contributed by atoms with Crippen LogP contribution in [0.1, 0.15) is 18.9 Å². The predicted molar refractivity (Wildman–Crippen MR) is 112 cm³/mol. The number of carbonyl (C=O) groups is 1. The Balaban J connectivity index is 1.65. The Labute approximate surface area is 169 Å². The number of nitro groups is 1. The van der Waals surface area contributed by atoms with Gasteiger partial charge in [0.15, 0.2) is 0 Å². The number of amides is 2. The van der Waals surface area contributed by atoms with E-state index in [9.17, 15) is 14.9 Å². The van der Waals surface area contributed by atoms with Gasteiger partial charge in [-0.15, -0.1) is 0 Å². The first-order chi connectivity index (χ1) is 13.5. The third-order valence-electron chi connectivity index (χ3n) is 4.35. The normalized spacial score (nSPS) is 10.7. The van der Waals surface area contributed by atoms with Crippen molar-refractivity contribution >= 4 is 29.0 Å². The number of rotatable bonds is 10. The van der Waals surface area contributed by atoms with E-state index in [0.29, 0.717) is 12.2 Å². The van der Waals surface area contributed by atoms with E-state index in [1.165, 1.54) is 29.8 Å². The fourth-order valence-electron chi connectivity index (χ4n) is 2.71. The molecule has 0 aliphatic carbocycles. The van der Waals surface area contributed by atoms with Crippen LogP contribution >= 0.6 is 11.6 Å². The van der Waals surface area contributed by atoms with E-state index >= 15 is 0 Å². The van der Waals surface area contributed by atoms with Crippen LogP contribution in [0.2, 0.25) is 5.02 Å². The number of halogens is 1. The Morgan fingerprint density at radius 2 is 1.79 bits per heavy atom. The molecule has 0 saturated heterocycles. The maximum Gasteiger partial charge on any atom is 0.319 e. The largest absolute Gasteiger partial charge is 0.338 e. The van der Waals surface area contributed by atoms with Gasteiger partial charge in [0.1, 0.15) is 0 Å². The second-order valence-electron chi connectivity index (χ2n) is 6.35. The van der Waals surface area contributed by atoms with E-state index in [4.69, 9.17) is 11.6 Å². The number of likely N-dealkylation sites (N-methyl/N-ethyl adjacent to an activating group) is 1. The zero-order valence-corrected chi connectivity index (χ0v) is 16.6. The summed E-state index contributed by atoms with van der Waals surface area (Å²) in [5.41, 5.74) is 1.76. The quantitative estimate of drug-likeness (QED) is 0.350. The summed E-state index contributed by atoms with van der Waals surface area (Å²) in [4.78, 5) is 24.4. The number of urea groups is 1. The van der Waals surface area contributed by atoms with Crippen molar-refractivity contribution in [2.75, 3.05) is 31.5 Å². The molecule has 0 unspecified atom stereocenters. The van der Waals surface area contributed by atoms with Crippen molar-refractivity contribution in [3.05, 3.63) is 69.2 Å². The Bertz CT molecular complexity index is 766. The van der Waals surface area contributed by atoms with Crippen LogP contribution in [0.4, 0.5) is 16.2 Å². The average Bonchev–Trinajstić information content (AvgIpc) is 2.69. The molecule has 0 aromatic heterocycles. The van der Waals surface area contributed by atoms with Crippen LogP contribution in [-0.2, 0) is 6.42 Å². The van der Waals surface area contributed by atoms with Gasteiger partial charge in [-0.05, 0) is 55.8 Å². The van der Waals surface area contributed by atoms with Crippen molar-refractivity contribution in [2.45, 2.75) is 19.8 Å². The number of hydrogen-bond donors (Lipinski definition) is 2. The molecular formula is C20H25ClN4O3. The summed E-state index contributed by atoms with van der Waals surface area (Å²) >= 11 is 5.91. The predicted octanol–water partition coefficient (Wildman–Crippen LogP) is 4.32. The summed E-state index contributed by atoms with van der Waals surface area (Å²) < 4.78 is 0. The number of nitrogens with zero attached hydrogens (tertiary/aromatic N) is 2. The van der Waals surface area contributed by atoms with Crippen LogP contribution in [0.5, 0.6) is 0 Å². The number of benzene rings is 2. The van der Waals surface area contributed by atoms with Gasteiger partial charge >= 0.3 is 6.03 Å². The van der Waals surface area contributed by atoms with Gasteiger partial charge in [-0.25, -0.2) is 4.79 Å². The summed E-state index contributed by atoms with van der Waals surface area (Å²) in [6.07, 6.45) is 1.79. The summed E-state index contributed by atoms with van der Waals surface area (Å²) in [6.45, 7) is 5.46. The first kappa shape index (κ1) is 21.7. The molecule has 0 fully saturated rings. The molecule has 7 nitrogen and oxygen atoms in total. The van der Waals surface area contributed by atoms with Crippen LogP contribution in [0.25, 0.3) is 0 Å². The van der Waals surface area contributed by atoms with Crippen molar-refractivity contribution in [3.63, 3.8) is 0 Å². The molecule has 0 aliphatic rings. The Hall–Kier alpha value is -2.64. The van der Waals surface area contributed by atoms with Gasteiger partial charge in [0.05, 0.1) is 4.92 Å². The van der Waals surface area contributed by atoms with E-state index < -0.39 is 4.92 Å². The molecule has 0 aliphatic heterocycles. The third kappa shape index (κ3) is 7.54. The van der Waals surface area contributed by atoms with E-state index in [-0.39, 0.29) is 11.7 Å². The van der Waals surface area contributed by atoms with Crippen LogP contribution in [0.3, 0.4) is 0 Å². The SMILES string of the molecule is CCN(CCCNC(=O)Nc1ccc([N+](=O)[O-])cc1)CCc1ccc(Cl)cc1. The molecular weight excluding hydrogens is 380 g/mol. The lowest BCUT2D eigenvalue weighted by molar-refractivity contribution is -0.384. The topological polar surface area (TPSA) is 87.5 Å². The van der Waals surface area contributed by atoms with Crippen LogP contribution in [0.15, 0.2) is 48.5 Å². The fourth-order valence-corrected chi connectivity index (χ4v) is 2.84. The van der Waals surface area contributed by atoms with Gasteiger partial charge in [-0.2, -0.15) is 0 Å². The summed E-state index contributed by atoms with van der Waals surface area (Å²) in [5.74, 6) is 0. The van der Waals surface area contributed by atoms with Gasteiger partial charge in [0.2, 0.25) is 0 Å². The summed E-state index contributed by atoms with van der Waals surface area (Å²) in [7, 11) is 0. The minimum atomic E-state index is -0.476. The van der Waals surface area contributed by atoms with Gasteiger partial charge in [-0.1, -0.05) is 30.7 Å². The van der Waals surface area contributed by atoms with Gasteiger partial charge in [-0.3, -0.25) is 10.1 Å². The number of anilines is 1. The monoisotopic (exact) mass is 404 g/mol. The first-order valence-electron chi connectivity index (χ1n) is 9.24. The highest BCUT2D eigenvalue weighted by atomic mass is 35.5. The Morgan fingerprint density at radius 3 is 2.39 bits per heavy atom. The molecule has 8 heteroatoms. The number of nitrogens with one attached hydrogen (secondary N) is 2. The molecule has 2 aromatic rings. The van der Waals surface area contributed by atoms with E-state index in [1.54, 1.807) is 0 Å². The van der Waals surface area contributed by atoms with Crippen molar-refractivity contribution in [1.82, 2.24) is 10.2 Å². The average molecular weight is 405 g/mol. The number of non-ortho nitro benzene ring substituents is 1. The minimum absolute atomic E-state index is 0.00999. The smallest absolute Gasteiger partial charge is 0.319 e. The third-order valence-corrected chi connectivity index (χ3v) is 4.60. The Morgan fingerprint density at radius 1 is 1.11 bits per heavy atom. The molecule has 2 N–H and O–H groups in total. The zero-order chi connectivity index (χ0) is 20.4. The van der Waals surface area contributed by atoms with Gasteiger partial charge < -0.3 is 15.5 Å². The molecule has 2 amide bonds. The highest BCUT2D eigenvalue weighted by Crippen LogP contribution is 2.15. The van der Waals surface area contributed by atoms with Crippen molar-refractivity contribution < 1.29 is 9.72 Å². The Kier molecular flexibility index (Phi) is 8.71. The molecule has 0 atom stereocenters. The lowest BCUT2D eigenvalue weighted by Crippen LogP contribution is -2.33. The van der Waals surface area contributed by atoms with Gasteiger partial charge in [0.25, 0.3) is 5.69 Å². The standard InChI is InChI=1S/C20H25ClN4O3/c1-2-24(15-12-16-4-6-17(21)7-5-16)14-3-13-22-20(26)23-18-8-10-19(11-9-18)25(27)28/h4-11H,2-3,12-15H2,1H3,(H2,22,23,26). The molecule has 0 heterocycles. The highest BCUT2D eigenvalue weighted by Gasteiger charge is 2.07. The minimum Gasteiger partial charge on any atom is -0.338 e. The van der Waals surface area contributed by atoms with E-state index in [0.717, 1.165) is 37.5 Å². The molecule has 2 aromatic carbocycles. The van der Waals surface area contributed by atoms with Crippen LogP contribution in [0, 0.1) is 10.1 Å². The van der Waals surface area contributed by atoms with E-state index in [2.05, 4.69) is 22.5 Å². The van der Waals surface area contributed by atoms with Crippen LogP contribution < -0.4 is 10.6 Å². The fraction of sp³-hybridized carbons (Fsp3) is 0.350. The van der Waals surface area contributed by atoms with Crippen molar-refractivity contribution in [3.8, 4) is 0 Å². The second kappa shape index (κ2) is 11.3. The maximum absolute atomic E-state index is 11.9. The van der Waals surface area contributed by atoms with Gasteiger partial charge in [0, 0.05) is 35.9 Å². The van der Waals surface area contributed by atoms with Crippen molar-refractivity contribution in [1.29, 1.82) is 0 Å². The molecule has 0 spiro atoms. The summed E-state index contributed by atoms with van der Waals surface area (Å²) in [5, 5.41) is 16.8. The second-order valence-corrected chi connectivity index (χ2v) is 6.79. The molecule has 28 heavy (non-hydrogen) atoms. The molecule has 2 rings (SSSR count). The van der Waals surface area contributed by atoms with Crippen LogP contribution in [-0.4, -0.2) is 42.0 Å².